The lowest BCUT2D eigenvalue weighted by Gasteiger charge is -2.05. The molecule has 3 heteroatoms. The summed E-state index contributed by atoms with van der Waals surface area (Å²) in [5.41, 5.74) is 0. The van der Waals surface area contributed by atoms with E-state index in [2.05, 4.69) is 0 Å². The van der Waals surface area contributed by atoms with Gasteiger partial charge in [-0.05, 0) is 24.4 Å². The smallest absolute Gasteiger partial charge is 0.224 e. The Morgan fingerprint density at radius 2 is 1.38 bits per heavy atom. The van der Waals surface area contributed by atoms with Gasteiger partial charge in [0.05, 0.1) is 0 Å². The number of unbranched alkanes of at least 4 members (excludes halogenated alkanes) is 7. The van der Waals surface area contributed by atoms with Gasteiger partial charge in [0, 0.05) is 11.8 Å². The third kappa shape index (κ3) is 10.8. The van der Waals surface area contributed by atoms with Gasteiger partial charge in [-0.25, -0.2) is 0 Å². The van der Waals surface area contributed by atoms with Crippen LogP contribution in [0.1, 0.15) is 64.7 Å². The quantitative estimate of drug-likeness (QED) is 0.288. The minimum atomic E-state index is -0.193. The molecule has 0 rings (SSSR count). The van der Waals surface area contributed by atoms with E-state index in [9.17, 15) is 4.79 Å². The average Bonchev–Trinajstić information content (AvgIpc) is 2.26. The molecule has 0 aliphatic heterocycles. The number of rotatable bonds is 11. The number of hydrogen-bond acceptors (Lipinski definition) is 1. The Labute approximate surface area is 110 Å². The van der Waals surface area contributed by atoms with Gasteiger partial charge >= 0.3 is 0 Å². The Kier molecular flexibility index (Phi) is 11.9. The lowest BCUT2D eigenvalue weighted by Crippen LogP contribution is -2.02. The van der Waals surface area contributed by atoms with E-state index in [1.54, 1.807) is 0 Å². The normalized spacial score (nSPS) is 12.7. The highest BCUT2D eigenvalue weighted by molar-refractivity contribution is 6.63. The van der Waals surface area contributed by atoms with Crippen LogP contribution in [0, 0.1) is 5.92 Å². The Hall–Kier alpha value is 0.250. The Balaban J connectivity index is 3.07. The van der Waals surface area contributed by atoms with Crippen LogP contribution in [0.4, 0.5) is 0 Å². The summed E-state index contributed by atoms with van der Waals surface area (Å²) >= 11 is 11.0. The summed E-state index contributed by atoms with van der Waals surface area (Å²) in [4.78, 5) is 10.8. The highest BCUT2D eigenvalue weighted by Crippen LogP contribution is 2.14. The van der Waals surface area contributed by atoms with Crippen LogP contribution >= 0.6 is 23.2 Å². The van der Waals surface area contributed by atoms with E-state index in [0.29, 0.717) is 0 Å². The number of halogens is 2. The summed E-state index contributed by atoms with van der Waals surface area (Å²) in [6.07, 6.45) is 10.9. The molecular weight excluding hydrogens is 243 g/mol. The summed E-state index contributed by atoms with van der Waals surface area (Å²) in [5, 5.41) is -0.193. The standard InChI is InChI=1S/C13H24Cl2O/c1-12(13(15)16)10-8-6-4-2-3-5-7-9-11-14/h12H,2-11H2,1H3. The molecule has 0 aliphatic carbocycles. The van der Waals surface area contributed by atoms with E-state index in [1.807, 2.05) is 6.92 Å². The second kappa shape index (κ2) is 11.7. The molecule has 0 amide bonds. The molecule has 0 aromatic heterocycles. The van der Waals surface area contributed by atoms with Crippen molar-refractivity contribution in [3.8, 4) is 0 Å². The molecule has 0 fully saturated rings. The molecule has 0 aromatic carbocycles. The first-order valence-electron chi connectivity index (χ1n) is 6.43. The minimum absolute atomic E-state index is 0.0328. The maximum atomic E-state index is 10.8. The Morgan fingerprint density at radius 1 is 0.938 bits per heavy atom. The monoisotopic (exact) mass is 266 g/mol. The topological polar surface area (TPSA) is 17.1 Å². The van der Waals surface area contributed by atoms with Crippen molar-refractivity contribution in [2.45, 2.75) is 64.7 Å². The van der Waals surface area contributed by atoms with E-state index in [-0.39, 0.29) is 11.2 Å². The van der Waals surface area contributed by atoms with Crippen LogP contribution < -0.4 is 0 Å². The van der Waals surface area contributed by atoms with E-state index in [1.165, 1.54) is 38.5 Å². The zero-order chi connectivity index (χ0) is 12.2. The number of hydrogen-bond donors (Lipinski definition) is 0. The minimum Gasteiger partial charge on any atom is -0.281 e. The van der Waals surface area contributed by atoms with Gasteiger partial charge in [-0.15, -0.1) is 11.6 Å². The molecule has 0 aromatic rings. The third-order valence-corrected chi connectivity index (χ3v) is 3.55. The summed E-state index contributed by atoms with van der Waals surface area (Å²) in [7, 11) is 0. The lowest BCUT2D eigenvalue weighted by molar-refractivity contribution is -0.114. The van der Waals surface area contributed by atoms with Crippen molar-refractivity contribution in [3.05, 3.63) is 0 Å². The molecule has 0 radical (unpaired) electrons. The third-order valence-electron chi connectivity index (χ3n) is 2.91. The number of carbonyl (C=O) groups excluding carboxylic acids is 1. The first-order chi connectivity index (χ1) is 7.68. The summed E-state index contributed by atoms with van der Waals surface area (Å²) in [5.74, 6) is 0.829. The molecule has 1 unspecified atom stereocenters. The van der Waals surface area contributed by atoms with Crippen molar-refractivity contribution in [1.29, 1.82) is 0 Å². The van der Waals surface area contributed by atoms with Gasteiger partial charge in [0.25, 0.3) is 0 Å². The molecule has 0 saturated carbocycles. The van der Waals surface area contributed by atoms with Gasteiger partial charge in [-0.1, -0.05) is 51.9 Å². The van der Waals surface area contributed by atoms with Crippen molar-refractivity contribution >= 4 is 28.4 Å². The molecular formula is C13H24Cl2O. The maximum Gasteiger partial charge on any atom is 0.224 e. The zero-order valence-corrected chi connectivity index (χ0v) is 11.8. The van der Waals surface area contributed by atoms with Crippen molar-refractivity contribution in [1.82, 2.24) is 0 Å². The number of carbonyl (C=O) groups is 1. The van der Waals surface area contributed by atoms with Crippen LogP contribution in [0.5, 0.6) is 0 Å². The molecule has 1 atom stereocenters. The molecule has 0 aliphatic rings. The van der Waals surface area contributed by atoms with Gasteiger partial charge in [-0.3, -0.25) is 4.79 Å². The first-order valence-corrected chi connectivity index (χ1v) is 7.35. The van der Waals surface area contributed by atoms with Crippen molar-refractivity contribution in [2.75, 3.05) is 5.88 Å². The Morgan fingerprint density at radius 3 is 1.81 bits per heavy atom. The largest absolute Gasteiger partial charge is 0.281 e. The zero-order valence-electron chi connectivity index (χ0n) is 10.3. The molecule has 16 heavy (non-hydrogen) atoms. The van der Waals surface area contributed by atoms with E-state index < -0.39 is 0 Å². The van der Waals surface area contributed by atoms with Gasteiger partial charge in [0.2, 0.25) is 5.24 Å². The fourth-order valence-corrected chi connectivity index (χ4v) is 2.02. The molecule has 0 bridgehead atoms. The molecule has 96 valence electrons. The predicted octanol–water partition coefficient (Wildman–Crippen LogP) is 5.14. The van der Waals surface area contributed by atoms with E-state index in [4.69, 9.17) is 23.2 Å². The van der Waals surface area contributed by atoms with Gasteiger partial charge in [-0.2, -0.15) is 0 Å². The first kappa shape index (κ1) is 16.2. The highest BCUT2D eigenvalue weighted by atomic mass is 35.5. The van der Waals surface area contributed by atoms with Gasteiger partial charge in [0.1, 0.15) is 0 Å². The van der Waals surface area contributed by atoms with Gasteiger partial charge < -0.3 is 0 Å². The molecule has 0 spiro atoms. The van der Waals surface area contributed by atoms with Crippen LogP contribution in [0.3, 0.4) is 0 Å². The van der Waals surface area contributed by atoms with Gasteiger partial charge in [0.15, 0.2) is 0 Å². The predicted molar refractivity (Wildman–Crippen MR) is 72.3 cm³/mol. The lowest BCUT2D eigenvalue weighted by atomic mass is 10.0. The number of alkyl halides is 1. The van der Waals surface area contributed by atoms with Crippen LogP contribution in [0.25, 0.3) is 0 Å². The molecule has 0 saturated heterocycles. The maximum absolute atomic E-state index is 10.8. The Bertz CT molecular complexity index is 171. The van der Waals surface area contributed by atoms with Crippen molar-refractivity contribution in [2.24, 2.45) is 5.92 Å². The second-order valence-electron chi connectivity index (χ2n) is 4.51. The van der Waals surface area contributed by atoms with Crippen molar-refractivity contribution < 1.29 is 4.79 Å². The second-order valence-corrected chi connectivity index (χ2v) is 5.26. The summed E-state index contributed by atoms with van der Waals surface area (Å²) in [6, 6.07) is 0. The fourth-order valence-electron chi connectivity index (χ4n) is 1.72. The summed E-state index contributed by atoms with van der Waals surface area (Å²) < 4.78 is 0. The van der Waals surface area contributed by atoms with Crippen molar-refractivity contribution in [3.63, 3.8) is 0 Å². The molecule has 0 heterocycles. The highest BCUT2D eigenvalue weighted by Gasteiger charge is 2.08. The summed E-state index contributed by atoms with van der Waals surface area (Å²) in [6.45, 7) is 1.90. The van der Waals surface area contributed by atoms with Crippen LogP contribution in [0.15, 0.2) is 0 Å². The van der Waals surface area contributed by atoms with Crippen LogP contribution in [0.2, 0.25) is 0 Å². The molecule has 0 N–H and O–H groups in total. The van der Waals surface area contributed by atoms with Crippen LogP contribution in [-0.4, -0.2) is 11.1 Å². The van der Waals surface area contributed by atoms with E-state index >= 15 is 0 Å². The average molecular weight is 267 g/mol. The SMILES string of the molecule is CC(CCCCCCCCCCCl)C(=O)Cl. The van der Waals surface area contributed by atoms with Crippen LogP contribution in [-0.2, 0) is 4.79 Å². The fraction of sp³-hybridized carbons (Fsp3) is 0.923. The van der Waals surface area contributed by atoms with E-state index in [0.717, 1.165) is 25.1 Å². The molecule has 1 nitrogen and oxygen atoms in total.